The molecule has 1 saturated heterocycles. The number of hydrogen-bond acceptors (Lipinski definition) is 3. The van der Waals surface area contributed by atoms with Crippen LogP contribution in [-0.2, 0) is 11.2 Å². The van der Waals surface area contributed by atoms with Crippen molar-refractivity contribution in [2.24, 2.45) is 0 Å². The lowest BCUT2D eigenvalue weighted by Gasteiger charge is -2.41. The number of nitrogens with zero attached hydrogens (tertiary/aromatic N) is 1. The van der Waals surface area contributed by atoms with E-state index in [4.69, 9.17) is 4.74 Å². The van der Waals surface area contributed by atoms with E-state index < -0.39 is 5.60 Å². The number of rotatable bonds is 4. The van der Waals surface area contributed by atoms with Gasteiger partial charge >= 0.3 is 6.09 Å². The second kappa shape index (κ2) is 6.48. The minimum absolute atomic E-state index is 0.212. The molecule has 1 aromatic rings. The van der Waals surface area contributed by atoms with Crippen LogP contribution < -0.4 is 5.32 Å². The summed E-state index contributed by atoms with van der Waals surface area (Å²) in [6, 6.07) is 11.2. The normalized spacial score (nSPS) is 17.2. The Hall–Kier alpha value is -1.55. The molecule has 1 unspecified atom stereocenters. The van der Waals surface area contributed by atoms with Crippen molar-refractivity contribution < 1.29 is 9.53 Å². The fourth-order valence-corrected chi connectivity index (χ4v) is 2.49. The highest BCUT2D eigenvalue weighted by Gasteiger charge is 2.33. The van der Waals surface area contributed by atoms with Crippen LogP contribution in [0.2, 0.25) is 0 Å². The highest BCUT2D eigenvalue weighted by atomic mass is 16.6. The number of hydrogen-bond donors (Lipinski definition) is 1. The van der Waals surface area contributed by atoms with Crippen LogP contribution in [0.1, 0.15) is 33.3 Å². The van der Waals surface area contributed by atoms with Gasteiger partial charge in [0.25, 0.3) is 0 Å². The van der Waals surface area contributed by atoms with Gasteiger partial charge in [-0.05, 0) is 39.7 Å². The Labute approximate surface area is 127 Å². The number of likely N-dealkylation sites (tertiary alicyclic amines) is 1. The maximum atomic E-state index is 11.8. The van der Waals surface area contributed by atoms with Crippen LogP contribution in [0.5, 0.6) is 0 Å². The molecule has 1 aliphatic rings. The van der Waals surface area contributed by atoms with E-state index in [-0.39, 0.29) is 6.09 Å². The largest absolute Gasteiger partial charge is 0.444 e. The Morgan fingerprint density at radius 3 is 2.52 bits per heavy atom. The average molecular weight is 290 g/mol. The van der Waals surface area contributed by atoms with Crippen molar-refractivity contribution in [3.63, 3.8) is 0 Å². The van der Waals surface area contributed by atoms with Crippen molar-refractivity contribution >= 4 is 6.09 Å². The number of benzene rings is 1. The van der Waals surface area contributed by atoms with Crippen LogP contribution in [0.3, 0.4) is 0 Å². The average Bonchev–Trinajstić information content (AvgIpc) is 2.32. The molecular weight excluding hydrogens is 264 g/mol. The summed E-state index contributed by atoms with van der Waals surface area (Å²) in [6.45, 7) is 9.32. The molecule has 1 N–H and O–H groups in total. The predicted octanol–water partition coefficient (Wildman–Crippen LogP) is 2.83. The molecule has 0 spiro atoms. The Bertz CT molecular complexity index is 461. The summed E-state index contributed by atoms with van der Waals surface area (Å²) >= 11 is 0. The van der Waals surface area contributed by atoms with Gasteiger partial charge in [-0.1, -0.05) is 30.3 Å². The number of ether oxygens (including phenoxy) is 1. The van der Waals surface area contributed by atoms with Crippen molar-refractivity contribution in [1.82, 2.24) is 10.2 Å². The minimum Gasteiger partial charge on any atom is -0.444 e. The topological polar surface area (TPSA) is 41.6 Å². The zero-order valence-electron chi connectivity index (χ0n) is 13.4. The third-order valence-electron chi connectivity index (χ3n) is 3.44. The van der Waals surface area contributed by atoms with E-state index in [9.17, 15) is 4.79 Å². The van der Waals surface area contributed by atoms with E-state index in [2.05, 4.69) is 36.5 Å². The second-order valence-electron chi connectivity index (χ2n) is 6.84. The SMILES string of the molecule is CC(Cc1ccccc1)NC1CN(C(=O)OC(C)(C)C)C1. The summed E-state index contributed by atoms with van der Waals surface area (Å²) in [5.41, 5.74) is 0.914. The molecule has 0 radical (unpaired) electrons. The molecule has 0 aliphatic carbocycles. The third-order valence-corrected chi connectivity index (χ3v) is 3.44. The smallest absolute Gasteiger partial charge is 0.410 e. The van der Waals surface area contributed by atoms with Crippen LogP contribution in [0, 0.1) is 0 Å². The first kappa shape index (κ1) is 15.8. The monoisotopic (exact) mass is 290 g/mol. The number of carbonyl (C=O) groups excluding carboxylic acids is 1. The Morgan fingerprint density at radius 1 is 1.33 bits per heavy atom. The third kappa shape index (κ3) is 5.05. The van der Waals surface area contributed by atoms with E-state index in [0.29, 0.717) is 12.1 Å². The summed E-state index contributed by atoms with van der Waals surface area (Å²) < 4.78 is 5.35. The van der Waals surface area contributed by atoms with Crippen LogP contribution in [0.25, 0.3) is 0 Å². The predicted molar refractivity (Wildman–Crippen MR) is 84.3 cm³/mol. The van der Waals surface area contributed by atoms with Gasteiger partial charge in [0.2, 0.25) is 0 Å². The molecule has 0 saturated carbocycles. The highest BCUT2D eigenvalue weighted by Crippen LogP contribution is 2.16. The van der Waals surface area contributed by atoms with Gasteiger partial charge in [0.15, 0.2) is 0 Å². The first-order chi connectivity index (χ1) is 9.83. The van der Waals surface area contributed by atoms with Crippen LogP contribution in [-0.4, -0.2) is 41.8 Å². The minimum atomic E-state index is -0.420. The molecule has 1 fully saturated rings. The zero-order chi connectivity index (χ0) is 15.5. The van der Waals surface area contributed by atoms with E-state index in [1.807, 2.05) is 26.8 Å². The molecule has 1 aromatic carbocycles. The summed E-state index contributed by atoms with van der Waals surface area (Å²) in [5.74, 6) is 0. The molecule has 1 amide bonds. The molecule has 0 aromatic heterocycles. The van der Waals surface area contributed by atoms with E-state index in [1.165, 1.54) is 5.56 Å². The Morgan fingerprint density at radius 2 is 1.95 bits per heavy atom. The quantitative estimate of drug-likeness (QED) is 0.927. The van der Waals surface area contributed by atoms with Crippen molar-refractivity contribution in [2.75, 3.05) is 13.1 Å². The van der Waals surface area contributed by atoms with Crippen LogP contribution >= 0.6 is 0 Å². The second-order valence-corrected chi connectivity index (χ2v) is 6.84. The maximum absolute atomic E-state index is 11.8. The molecule has 21 heavy (non-hydrogen) atoms. The lowest BCUT2D eigenvalue weighted by molar-refractivity contribution is 0.00436. The molecule has 2 rings (SSSR count). The van der Waals surface area contributed by atoms with Gasteiger partial charge in [0.1, 0.15) is 5.60 Å². The fourth-order valence-electron chi connectivity index (χ4n) is 2.49. The molecule has 4 nitrogen and oxygen atoms in total. The Kier molecular flexibility index (Phi) is 4.88. The van der Waals surface area contributed by atoms with Crippen molar-refractivity contribution in [3.05, 3.63) is 35.9 Å². The first-order valence-electron chi connectivity index (χ1n) is 7.61. The van der Waals surface area contributed by atoms with Crippen molar-refractivity contribution in [2.45, 2.75) is 51.8 Å². The molecule has 1 heterocycles. The summed E-state index contributed by atoms with van der Waals surface area (Å²) in [4.78, 5) is 13.6. The maximum Gasteiger partial charge on any atom is 0.410 e. The zero-order valence-corrected chi connectivity index (χ0v) is 13.4. The van der Waals surface area contributed by atoms with Gasteiger partial charge in [-0.25, -0.2) is 4.79 Å². The molecule has 0 bridgehead atoms. The summed E-state index contributed by atoms with van der Waals surface area (Å²) in [7, 11) is 0. The number of carbonyl (C=O) groups is 1. The van der Waals surface area contributed by atoms with Gasteiger partial charge in [-0.15, -0.1) is 0 Å². The molecule has 1 aliphatic heterocycles. The van der Waals surface area contributed by atoms with Crippen molar-refractivity contribution in [1.29, 1.82) is 0 Å². The van der Waals surface area contributed by atoms with Gasteiger partial charge in [-0.2, -0.15) is 0 Å². The van der Waals surface area contributed by atoms with E-state index in [1.54, 1.807) is 4.90 Å². The number of amides is 1. The molecule has 4 heteroatoms. The Balaban J connectivity index is 1.69. The highest BCUT2D eigenvalue weighted by molar-refractivity contribution is 5.69. The van der Waals surface area contributed by atoms with E-state index >= 15 is 0 Å². The summed E-state index contributed by atoms with van der Waals surface area (Å²) in [6.07, 6.45) is 0.792. The fraction of sp³-hybridized carbons (Fsp3) is 0.588. The lowest BCUT2D eigenvalue weighted by Crippen LogP contribution is -2.62. The van der Waals surface area contributed by atoms with Crippen LogP contribution in [0.4, 0.5) is 4.79 Å². The van der Waals surface area contributed by atoms with Gasteiger partial charge < -0.3 is 15.0 Å². The lowest BCUT2D eigenvalue weighted by atomic mass is 10.0. The van der Waals surface area contributed by atoms with Crippen LogP contribution in [0.15, 0.2) is 30.3 Å². The molecule has 116 valence electrons. The molecule has 1 atom stereocenters. The summed E-state index contributed by atoms with van der Waals surface area (Å²) in [5, 5.41) is 3.56. The first-order valence-corrected chi connectivity index (χ1v) is 7.61. The van der Waals surface area contributed by atoms with Gasteiger partial charge in [-0.3, -0.25) is 0 Å². The van der Waals surface area contributed by atoms with Gasteiger partial charge in [0, 0.05) is 25.2 Å². The van der Waals surface area contributed by atoms with Crippen molar-refractivity contribution in [3.8, 4) is 0 Å². The standard InChI is InChI=1S/C17H26N2O2/c1-13(10-14-8-6-5-7-9-14)18-15-11-19(12-15)16(20)21-17(2,3)4/h5-9,13,15,18H,10-12H2,1-4H3. The van der Waals surface area contributed by atoms with E-state index in [0.717, 1.165) is 19.5 Å². The number of nitrogens with one attached hydrogen (secondary N) is 1. The van der Waals surface area contributed by atoms with Gasteiger partial charge in [0.05, 0.1) is 0 Å². The molecular formula is C17H26N2O2.